The van der Waals surface area contributed by atoms with E-state index in [1.165, 1.54) is 12.2 Å². The van der Waals surface area contributed by atoms with Gasteiger partial charge in [0.25, 0.3) is 0 Å². The average molecular weight is 135 g/mol. The highest BCUT2D eigenvalue weighted by molar-refractivity contribution is 5.23. The summed E-state index contributed by atoms with van der Waals surface area (Å²) in [7, 11) is 0. The van der Waals surface area contributed by atoms with Crippen molar-refractivity contribution >= 4 is 0 Å². The van der Waals surface area contributed by atoms with Crippen LogP contribution in [0.15, 0.2) is 41.8 Å². The van der Waals surface area contributed by atoms with Gasteiger partial charge in [0.2, 0.25) is 0 Å². The second kappa shape index (κ2) is 2.80. The molecule has 0 amide bonds. The van der Waals surface area contributed by atoms with E-state index in [1.54, 1.807) is 18.2 Å². The first-order valence-corrected chi connectivity index (χ1v) is 2.75. The van der Waals surface area contributed by atoms with Crippen LogP contribution in [0, 0.1) is 10.1 Å². The van der Waals surface area contributed by atoms with Crippen LogP contribution in [0.1, 0.15) is 0 Å². The molecule has 0 saturated carbocycles. The summed E-state index contributed by atoms with van der Waals surface area (Å²) in [5.74, 6) is 0. The van der Waals surface area contributed by atoms with Gasteiger partial charge < -0.3 is 0 Å². The van der Waals surface area contributed by atoms with Crippen molar-refractivity contribution < 1.29 is 4.92 Å². The molecule has 0 saturated heterocycles. The SMILES string of the molecule is O=[N+]([O-])C1=C=CC=CC=C1. The molecule has 0 aromatic rings. The zero-order chi connectivity index (χ0) is 7.40. The van der Waals surface area contributed by atoms with E-state index in [2.05, 4.69) is 5.73 Å². The van der Waals surface area contributed by atoms with Gasteiger partial charge in [0.05, 0.1) is 4.92 Å². The molecular weight excluding hydrogens is 130 g/mol. The van der Waals surface area contributed by atoms with Crippen molar-refractivity contribution in [2.75, 3.05) is 0 Å². The molecule has 0 radical (unpaired) electrons. The summed E-state index contributed by atoms with van der Waals surface area (Å²) in [6.45, 7) is 0. The molecule has 0 unspecified atom stereocenters. The number of hydrogen-bond donors (Lipinski definition) is 0. The minimum absolute atomic E-state index is 0.00926. The van der Waals surface area contributed by atoms with Crippen molar-refractivity contribution in [3.63, 3.8) is 0 Å². The Morgan fingerprint density at radius 1 is 1.40 bits per heavy atom. The Morgan fingerprint density at radius 2 is 2.20 bits per heavy atom. The molecule has 0 heterocycles. The maximum atomic E-state index is 10.1. The third kappa shape index (κ3) is 1.44. The van der Waals surface area contributed by atoms with Crippen molar-refractivity contribution in [2.45, 2.75) is 0 Å². The molecule has 0 fully saturated rings. The highest BCUT2D eigenvalue weighted by Gasteiger charge is 2.02. The van der Waals surface area contributed by atoms with Crippen LogP contribution in [0.3, 0.4) is 0 Å². The van der Waals surface area contributed by atoms with Crippen LogP contribution in [0.25, 0.3) is 0 Å². The average Bonchev–Trinajstić information content (AvgIpc) is 2.12. The molecule has 3 nitrogen and oxygen atoms in total. The molecule has 1 rings (SSSR count). The quantitative estimate of drug-likeness (QED) is 0.310. The van der Waals surface area contributed by atoms with Gasteiger partial charge in [0.15, 0.2) is 0 Å². The van der Waals surface area contributed by atoms with Gasteiger partial charge in [-0.25, -0.2) is 0 Å². The van der Waals surface area contributed by atoms with Crippen LogP contribution >= 0.6 is 0 Å². The Bertz CT molecular complexity index is 267. The van der Waals surface area contributed by atoms with E-state index in [0.717, 1.165) is 0 Å². The minimum Gasteiger partial charge on any atom is -0.258 e. The lowest BCUT2D eigenvalue weighted by molar-refractivity contribution is -0.418. The molecule has 50 valence electrons. The molecule has 0 aromatic heterocycles. The van der Waals surface area contributed by atoms with Crippen LogP contribution in [-0.4, -0.2) is 4.92 Å². The predicted molar refractivity (Wildman–Crippen MR) is 36.9 cm³/mol. The van der Waals surface area contributed by atoms with Crippen LogP contribution in [0.4, 0.5) is 0 Å². The van der Waals surface area contributed by atoms with E-state index in [9.17, 15) is 10.1 Å². The maximum Gasteiger partial charge on any atom is 0.311 e. The molecule has 10 heavy (non-hydrogen) atoms. The molecule has 0 N–H and O–H groups in total. The molecule has 3 heteroatoms. The molecule has 0 bridgehead atoms. The largest absolute Gasteiger partial charge is 0.311 e. The lowest BCUT2D eigenvalue weighted by Gasteiger charge is -1.81. The lowest BCUT2D eigenvalue weighted by atomic mass is 10.4. The fourth-order valence-electron chi connectivity index (χ4n) is 0.562. The minimum atomic E-state index is -0.472. The number of nitrogens with zero attached hydrogens (tertiary/aromatic N) is 1. The zero-order valence-electron chi connectivity index (χ0n) is 5.15. The van der Waals surface area contributed by atoms with Gasteiger partial charge in [-0.1, -0.05) is 18.2 Å². The first-order chi connectivity index (χ1) is 4.80. The Labute approximate surface area is 57.8 Å². The Hall–Kier alpha value is -1.60. The van der Waals surface area contributed by atoms with Crippen molar-refractivity contribution in [1.29, 1.82) is 0 Å². The van der Waals surface area contributed by atoms with Crippen LogP contribution in [0.2, 0.25) is 0 Å². The van der Waals surface area contributed by atoms with E-state index in [-0.39, 0.29) is 5.70 Å². The van der Waals surface area contributed by atoms with Crippen molar-refractivity contribution in [3.8, 4) is 0 Å². The Balaban J connectivity index is 2.98. The van der Waals surface area contributed by atoms with Crippen LogP contribution < -0.4 is 0 Å². The van der Waals surface area contributed by atoms with Crippen LogP contribution in [-0.2, 0) is 0 Å². The summed E-state index contributed by atoms with van der Waals surface area (Å²) in [6.07, 6.45) is 7.92. The highest BCUT2D eigenvalue weighted by Crippen LogP contribution is 1.98. The fourth-order valence-corrected chi connectivity index (χ4v) is 0.562. The van der Waals surface area contributed by atoms with Gasteiger partial charge in [0.1, 0.15) is 0 Å². The fraction of sp³-hybridized carbons (Fsp3) is 0. The van der Waals surface area contributed by atoms with Gasteiger partial charge in [0, 0.05) is 6.08 Å². The molecule has 1 aliphatic rings. The van der Waals surface area contributed by atoms with Gasteiger partial charge in [-0.2, -0.15) is 0 Å². The van der Waals surface area contributed by atoms with Gasteiger partial charge in [-0.3, -0.25) is 10.1 Å². The van der Waals surface area contributed by atoms with E-state index >= 15 is 0 Å². The van der Waals surface area contributed by atoms with E-state index in [0.29, 0.717) is 0 Å². The Kier molecular flexibility index (Phi) is 1.83. The Morgan fingerprint density at radius 3 is 2.90 bits per heavy atom. The molecule has 1 aliphatic carbocycles. The number of allylic oxidation sites excluding steroid dienone is 4. The third-order valence-corrected chi connectivity index (χ3v) is 1.00. The monoisotopic (exact) mass is 135 g/mol. The molecule has 0 atom stereocenters. The maximum absolute atomic E-state index is 10.1. The van der Waals surface area contributed by atoms with E-state index < -0.39 is 4.92 Å². The molecule has 0 spiro atoms. The first-order valence-electron chi connectivity index (χ1n) is 2.75. The van der Waals surface area contributed by atoms with E-state index in [4.69, 9.17) is 0 Å². The molecule has 0 aliphatic heterocycles. The summed E-state index contributed by atoms with van der Waals surface area (Å²) in [5.41, 5.74) is 2.49. The summed E-state index contributed by atoms with van der Waals surface area (Å²) in [6, 6.07) is 0. The van der Waals surface area contributed by atoms with Crippen LogP contribution in [0.5, 0.6) is 0 Å². The summed E-state index contributed by atoms with van der Waals surface area (Å²) < 4.78 is 0. The molecular formula is C7H5NO2. The summed E-state index contributed by atoms with van der Waals surface area (Å²) >= 11 is 0. The summed E-state index contributed by atoms with van der Waals surface area (Å²) in [4.78, 5) is 9.64. The predicted octanol–water partition coefficient (Wildman–Crippen LogP) is 1.43. The second-order valence-electron chi connectivity index (χ2n) is 1.70. The highest BCUT2D eigenvalue weighted by atomic mass is 16.6. The number of hydrogen-bond acceptors (Lipinski definition) is 2. The zero-order valence-corrected chi connectivity index (χ0v) is 5.15. The van der Waals surface area contributed by atoms with Crippen molar-refractivity contribution in [3.05, 3.63) is 51.9 Å². The second-order valence-corrected chi connectivity index (χ2v) is 1.70. The summed E-state index contributed by atoms with van der Waals surface area (Å²) in [5, 5.41) is 10.1. The van der Waals surface area contributed by atoms with Crippen molar-refractivity contribution in [1.82, 2.24) is 0 Å². The number of nitro groups is 1. The topological polar surface area (TPSA) is 43.1 Å². The molecule has 0 aromatic carbocycles. The van der Waals surface area contributed by atoms with Gasteiger partial charge in [-0.15, -0.1) is 0 Å². The standard InChI is InChI=1S/C7H5NO2/c9-8(10)7-5-3-1-2-4-6-7/h1-5H. The smallest absolute Gasteiger partial charge is 0.258 e. The first kappa shape index (κ1) is 6.52. The van der Waals surface area contributed by atoms with Crippen molar-refractivity contribution in [2.24, 2.45) is 0 Å². The number of rotatable bonds is 1. The third-order valence-electron chi connectivity index (χ3n) is 1.00. The van der Waals surface area contributed by atoms with E-state index in [1.807, 2.05) is 0 Å². The van der Waals surface area contributed by atoms with Gasteiger partial charge >= 0.3 is 5.70 Å². The normalized spacial score (nSPS) is 14.6. The van der Waals surface area contributed by atoms with Gasteiger partial charge in [-0.05, 0) is 11.8 Å². The lowest BCUT2D eigenvalue weighted by Crippen LogP contribution is -1.92.